The molecule has 0 saturated heterocycles. The van der Waals surface area contributed by atoms with E-state index in [1.165, 1.54) is 0 Å². The van der Waals surface area contributed by atoms with Crippen molar-refractivity contribution in [2.45, 2.75) is 107 Å². The van der Waals surface area contributed by atoms with Crippen molar-refractivity contribution in [1.82, 2.24) is 0 Å². The molecule has 0 aromatic carbocycles. The Balaban J connectivity index is 4.22. The lowest BCUT2D eigenvalue weighted by atomic mass is 9.78. The summed E-state index contributed by atoms with van der Waals surface area (Å²) >= 11 is 0. The Morgan fingerprint density at radius 3 is 1.29 bits per heavy atom. The molecule has 31 heavy (non-hydrogen) atoms. The van der Waals surface area contributed by atoms with E-state index in [0.29, 0.717) is 12.8 Å². The Morgan fingerprint density at radius 2 is 1.03 bits per heavy atom. The van der Waals surface area contributed by atoms with Gasteiger partial charge in [0.2, 0.25) is 6.79 Å². The number of rotatable bonds is 16. The van der Waals surface area contributed by atoms with Gasteiger partial charge in [0.05, 0.1) is 11.8 Å². The zero-order chi connectivity index (χ0) is 24.2. The fourth-order valence-electron chi connectivity index (χ4n) is 3.47. The summed E-state index contributed by atoms with van der Waals surface area (Å²) in [5, 5.41) is 0. The van der Waals surface area contributed by atoms with Gasteiger partial charge >= 0.3 is 11.9 Å². The lowest BCUT2D eigenvalue weighted by Gasteiger charge is -2.25. The van der Waals surface area contributed by atoms with E-state index in [2.05, 4.69) is 0 Å². The molecule has 0 aromatic heterocycles. The molecule has 0 aliphatic carbocycles. The number of ether oxygens (including phenoxy) is 2. The molecule has 0 aliphatic rings. The van der Waals surface area contributed by atoms with Gasteiger partial charge < -0.3 is 9.47 Å². The third-order valence-electron chi connectivity index (χ3n) is 7.20. The maximum absolute atomic E-state index is 12.1. The van der Waals surface area contributed by atoms with E-state index in [-0.39, 0.29) is 41.0 Å². The SMILES string of the molecule is CCC(C)(CCCC(C)C(=O)OCOC(=O)C(C)CCCC(C)(CC)C(C)=O)C(C)=O. The van der Waals surface area contributed by atoms with E-state index in [4.69, 9.17) is 9.47 Å². The minimum atomic E-state index is -0.401. The molecule has 0 saturated carbocycles. The van der Waals surface area contributed by atoms with Crippen LogP contribution in [0, 0.1) is 22.7 Å². The highest BCUT2D eigenvalue weighted by atomic mass is 16.7. The molecule has 4 unspecified atom stereocenters. The lowest BCUT2D eigenvalue weighted by molar-refractivity contribution is -0.172. The number of hydrogen-bond donors (Lipinski definition) is 0. The van der Waals surface area contributed by atoms with E-state index in [0.717, 1.165) is 38.5 Å². The zero-order valence-corrected chi connectivity index (χ0v) is 21.0. The number of carbonyl (C=O) groups is 4. The fraction of sp³-hybridized carbons (Fsp3) is 0.840. The molecule has 0 aliphatic heterocycles. The van der Waals surface area contributed by atoms with Crippen molar-refractivity contribution in [3.63, 3.8) is 0 Å². The quantitative estimate of drug-likeness (QED) is 0.227. The van der Waals surface area contributed by atoms with Gasteiger partial charge in [0.25, 0.3) is 0 Å². The zero-order valence-electron chi connectivity index (χ0n) is 21.0. The molecule has 4 atom stereocenters. The number of ketones is 2. The Labute approximate surface area is 188 Å². The summed E-state index contributed by atoms with van der Waals surface area (Å²) < 4.78 is 10.2. The predicted octanol–water partition coefficient (Wildman–Crippen LogP) is 5.65. The molecule has 0 spiro atoms. The second-order valence-corrected chi connectivity index (χ2v) is 9.57. The summed E-state index contributed by atoms with van der Waals surface area (Å²) in [4.78, 5) is 47.8. The molecular formula is C25H44O6. The van der Waals surface area contributed by atoms with Crippen LogP contribution in [0.3, 0.4) is 0 Å². The number of hydrogen-bond acceptors (Lipinski definition) is 6. The molecule has 0 N–H and O–H groups in total. The Morgan fingerprint density at radius 1 is 0.710 bits per heavy atom. The summed E-state index contributed by atoms with van der Waals surface area (Å²) in [7, 11) is 0. The highest BCUT2D eigenvalue weighted by Crippen LogP contribution is 2.31. The van der Waals surface area contributed by atoms with E-state index in [1.54, 1.807) is 27.7 Å². The van der Waals surface area contributed by atoms with Crippen molar-refractivity contribution in [2.75, 3.05) is 6.79 Å². The first-order chi connectivity index (χ1) is 14.3. The molecule has 180 valence electrons. The molecule has 0 amide bonds. The van der Waals surface area contributed by atoms with Crippen LogP contribution in [-0.2, 0) is 28.7 Å². The minimum absolute atomic E-state index is 0.173. The van der Waals surface area contributed by atoms with Crippen LogP contribution in [0.1, 0.15) is 107 Å². The first-order valence-corrected chi connectivity index (χ1v) is 11.7. The van der Waals surface area contributed by atoms with Gasteiger partial charge in [0, 0.05) is 10.8 Å². The third-order valence-corrected chi connectivity index (χ3v) is 7.20. The molecule has 0 fully saturated rings. The number of Topliss-reactive ketones (excluding diaryl/α,β-unsaturated/α-hetero) is 2. The largest absolute Gasteiger partial charge is 0.428 e. The van der Waals surface area contributed by atoms with Crippen LogP contribution in [0.5, 0.6) is 0 Å². The normalized spacial score (nSPS) is 17.0. The smallest absolute Gasteiger partial charge is 0.311 e. The van der Waals surface area contributed by atoms with Gasteiger partial charge in [-0.05, 0) is 52.4 Å². The summed E-state index contributed by atoms with van der Waals surface area (Å²) in [5.41, 5.74) is -0.678. The summed E-state index contributed by atoms with van der Waals surface area (Å²) in [6, 6.07) is 0. The average Bonchev–Trinajstić information content (AvgIpc) is 2.72. The molecule has 0 radical (unpaired) electrons. The van der Waals surface area contributed by atoms with E-state index < -0.39 is 11.9 Å². The Kier molecular flexibility index (Phi) is 12.9. The monoisotopic (exact) mass is 440 g/mol. The minimum Gasteiger partial charge on any atom is -0.428 e. The lowest BCUT2D eigenvalue weighted by Crippen LogP contribution is -2.26. The van der Waals surface area contributed by atoms with E-state index in [9.17, 15) is 19.2 Å². The highest BCUT2D eigenvalue weighted by Gasteiger charge is 2.29. The molecule has 6 nitrogen and oxygen atoms in total. The van der Waals surface area contributed by atoms with Crippen molar-refractivity contribution < 1.29 is 28.7 Å². The molecule has 0 rings (SSSR count). The van der Waals surface area contributed by atoms with Crippen molar-refractivity contribution in [3.05, 3.63) is 0 Å². The fourth-order valence-corrected chi connectivity index (χ4v) is 3.47. The number of esters is 2. The first-order valence-electron chi connectivity index (χ1n) is 11.7. The highest BCUT2D eigenvalue weighted by molar-refractivity contribution is 5.82. The summed E-state index contributed by atoms with van der Waals surface area (Å²) in [5.74, 6) is -1.09. The van der Waals surface area contributed by atoms with Crippen molar-refractivity contribution >= 4 is 23.5 Å². The first kappa shape index (κ1) is 29.3. The van der Waals surface area contributed by atoms with Gasteiger partial charge in [-0.3, -0.25) is 19.2 Å². The van der Waals surface area contributed by atoms with E-state index in [1.807, 2.05) is 27.7 Å². The van der Waals surface area contributed by atoms with Crippen LogP contribution in [0.2, 0.25) is 0 Å². The Bertz CT molecular complexity index is 561. The van der Waals surface area contributed by atoms with Gasteiger partial charge in [0.15, 0.2) is 0 Å². The molecule has 0 aromatic rings. The van der Waals surface area contributed by atoms with Crippen molar-refractivity contribution in [2.24, 2.45) is 22.7 Å². The Hall–Kier alpha value is -1.72. The topological polar surface area (TPSA) is 86.7 Å². The third kappa shape index (κ3) is 9.96. The van der Waals surface area contributed by atoms with E-state index >= 15 is 0 Å². The maximum atomic E-state index is 12.1. The molecule has 6 heteroatoms. The molecular weight excluding hydrogens is 396 g/mol. The van der Waals surface area contributed by atoms with Gasteiger partial charge in [-0.25, -0.2) is 0 Å². The van der Waals surface area contributed by atoms with Crippen LogP contribution < -0.4 is 0 Å². The van der Waals surface area contributed by atoms with Gasteiger partial charge in [-0.1, -0.05) is 54.4 Å². The molecule has 0 heterocycles. The van der Waals surface area contributed by atoms with Gasteiger partial charge in [-0.15, -0.1) is 0 Å². The molecule has 0 bridgehead atoms. The van der Waals surface area contributed by atoms with Crippen LogP contribution in [0.15, 0.2) is 0 Å². The van der Waals surface area contributed by atoms with Crippen molar-refractivity contribution in [3.8, 4) is 0 Å². The van der Waals surface area contributed by atoms with Crippen LogP contribution in [0.4, 0.5) is 0 Å². The standard InChI is InChI=1S/C25H44O6/c1-9-24(7,20(5)26)15-11-13-18(3)22(28)30-17-31-23(29)19(4)14-12-16-25(8,10-2)21(6)27/h18-19H,9-17H2,1-8H3. The average molecular weight is 441 g/mol. The maximum Gasteiger partial charge on any atom is 0.311 e. The van der Waals surface area contributed by atoms with Crippen LogP contribution in [0.25, 0.3) is 0 Å². The second kappa shape index (κ2) is 13.6. The second-order valence-electron chi connectivity index (χ2n) is 9.57. The van der Waals surface area contributed by atoms with Crippen molar-refractivity contribution in [1.29, 1.82) is 0 Å². The van der Waals surface area contributed by atoms with Gasteiger partial charge in [0.1, 0.15) is 11.6 Å². The number of carbonyl (C=O) groups excluding carboxylic acids is 4. The van der Waals surface area contributed by atoms with Crippen LogP contribution in [-0.4, -0.2) is 30.3 Å². The summed E-state index contributed by atoms with van der Waals surface area (Å²) in [6.45, 7) is 14.3. The predicted molar refractivity (Wildman–Crippen MR) is 121 cm³/mol. The van der Waals surface area contributed by atoms with Gasteiger partial charge in [-0.2, -0.15) is 0 Å². The van der Waals surface area contributed by atoms with Crippen LogP contribution >= 0.6 is 0 Å². The summed E-state index contributed by atoms with van der Waals surface area (Å²) in [6.07, 6.45) is 5.80.